The number of benzene rings is 1. The molecule has 2 rings (SSSR count). The van der Waals surface area contributed by atoms with Crippen LogP contribution in [0.4, 0.5) is 0 Å². The molecule has 2 N–H and O–H groups in total. The van der Waals surface area contributed by atoms with E-state index in [1.807, 2.05) is 31.5 Å². The standard InChI is InChI=1S/C17H25N3O2S/c1-20(14-8-10-18-12-14)17(22)15(9-11-23-2)19-16(21)13-6-4-3-5-7-13/h3-7,14-15,18H,8-12H2,1-2H3,(H,19,21). The first-order chi connectivity index (χ1) is 11.1. The number of carbonyl (C=O) groups is 2. The van der Waals surface area contributed by atoms with Gasteiger partial charge >= 0.3 is 0 Å². The minimum Gasteiger partial charge on any atom is -0.340 e. The van der Waals surface area contributed by atoms with Gasteiger partial charge in [-0.05, 0) is 43.5 Å². The summed E-state index contributed by atoms with van der Waals surface area (Å²) in [7, 11) is 1.83. The summed E-state index contributed by atoms with van der Waals surface area (Å²) in [5.41, 5.74) is 0.583. The second kappa shape index (κ2) is 8.93. The van der Waals surface area contributed by atoms with Crippen molar-refractivity contribution in [2.24, 2.45) is 0 Å². The molecule has 0 aromatic heterocycles. The Hall–Kier alpha value is -1.53. The quantitative estimate of drug-likeness (QED) is 0.790. The van der Waals surface area contributed by atoms with Gasteiger partial charge in [-0.3, -0.25) is 9.59 Å². The lowest BCUT2D eigenvalue weighted by molar-refractivity contribution is -0.133. The molecule has 0 aliphatic carbocycles. The Labute approximate surface area is 142 Å². The normalized spacial score (nSPS) is 18.4. The molecule has 0 radical (unpaired) electrons. The van der Waals surface area contributed by atoms with Crippen molar-refractivity contribution in [2.45, 2.75) is 24.9 Å². The molecule has 0 saturated carbocycles. The fourth-order valence-electron chi connectivity index (χ4n) is 2.72. The zero-order valence-electron chi connectivity index (χ0n) is 13.7. The van der Waals surface area contributed by atoms with Crippen LogP contribution < -0.4 is 10.6 Å². The molecule has 126 valence electrons. The number of rotatable bonds is 7. The Balaban J connectivity index is 2.03. The summed E-state index contributed by atoms with van der Waals surface area (Å²) < 4.78 is 0. The average Bonchev–Trinajstić information content (AvgIpc) is 3.12. The maximum atomic E-state index is 12.8. The topological polar surface area (TPSA) is 61.4 Å². The average molecular weight is 335 g/mol. The molecule has 1 heterocycles. The van der Waals surface area contributed by atoms with Gasteiger partial charge in [0.2, 0.25) is 5.91 Å². The van der Waals surface area contributed by atoms with E-state index in [9.17, 15) is 9.59 Å². The molecule has 1 saturated heterocycles. The third-order valence-electron chi connectivity index (χ3n) is 4.18. The molecule has 1 fully saturated rings. The molecule has 6 heteroatoms. The molecular weight excluding hydrogens is 310 g/mol. The molecule has 0 spiro atoms. The Bertz CT molecular complexity index is 518. The Kier molecular flexibility index (Phi) is 6.92. The summed E-state index contributed by atoms with van der Waals surface area (Å²) >= 11 is 1.68. The number of carbonyl (C=O) groups excluding carboxylic acids is 2. The highest BCUT2D eigenvalue weighted by Gasteiger charge is 2.29. The van der Waals surface area contributed by atoms with Crippen LogP contribution in [0, 0.1) is 0 Å². The van der Waals surface area contributed by atoms with Gasteiger partial charge in [0.15, 0.2) is 0 Å². The van der Waals surface area contributed by atoms with Crippen molar-refractivity contribution in [1.29, 1.82) is 0 Å². The van der Waals surface area contributed by atoms with Gasteiger partial charge in [0.1, 0.15) is 6.04 Å². The van der Waals surface area contributed by atoms with Gasteiger partial charge < -0.3 is 15.5 Å². The van der Waals surface area contributed by atoms with Gasteiger partial charge in [0.25, 0.3) is 5.91 Å². The fraction of sp³-hybridized carbons (Fsp3) is 0.529. The zero-order chi connectivity index (χ0) is 16.7. The second-order valence-electron chi connectivity index (χ2n) is 5.77. The van der Waals surface area contributed by atoms with Crippen LogP contribution in [0.2, 0.25) is 0 Å². The maximum absolute atomic E-state index is 12.8. The summed E-state index contributed by atoms with van der Waals surface area (Å²) in [6.07, 6.45) is 3.61. The number of hydrogen-bond acceptors (Lipinski definition) is 4. The molecule has 1 aromatic rings. The molecule has 1 aliphatic heterocycles. The summed E-state index contributed by atoms with van der Waals surface area (Å²) in [5.74, 6) is 0.641. The van der Waals surface area contributed by atoms with Crippen molar-refractivity contribution in [1.82, 2.24) is 15.5 Å². The molecule has 2 amide bonds. The van der Waals surface area contributed by atoms with Crippen molar-refractivity contribution in [3.63, 3.8) is 0 Å². The van der Waals surface area contributed by atoms with Crippen LogP contribution in [-0.4, -0.2) is 60.9 Å². The highest BCUT2D eigenvalue weighted by molar-refractivity contribution is 7.98. The van der Waals surface area contributed by atoms with Gasteiger partial charge in [0.05, 0.1) is 0 Å². The first-order valence-electron chi connectivity index (χ1n) is 7.95. The summed E-state index contributed by atoms with van der Waals surface area (Å²) in [6, 6.07) is 8.78. The van der Waals surface area contributed by atoms with Gasteiger partial charge in [-0.15, -0.1) is 0 Å². The van der Waals surface area contributed by atoms with E-state index < -0.39 is 6.04 Å². The summed E-state index contributed by atoms with van der Waals surface area (Å²) in [5, 5.41) is 6.18. The van der Waals surface area contributed by atoms with E-state index in [0.717, 1.165) is 25.3 Å². The number of amides is 2. The van der Waals surface area contributed by atoms with Crippen molar-refractivity contribution >= 4 is 23.6 Å². The SMILES string of the molecule is CSCCC(NC(=O)c1ccccc1)C(=O)N(C)C1CCNC1. The summed E-state index contributed by atoms with van der Waals surface area (Å²) in [4.78, 5) is 26.9. The Morgan fingerprint density at radius 2 is 2.13 bits per heavy atom. The van der Waals surface area contributed by atoms with E-state index in [1.54, 1.807) is 28.8 Å². The van der Waals surface area contributed by atoms with Gasteiger partial charge in [0, 0.05) is 25.2 Å². The molecule has 1 aromatic carbocycles. The number of thioether (sulfide) groups is 1. The maximum Gasteiger partial charge on any atom is 0.251 e. The van der Waals surface area contributed by atoms with Crippen molar-refractivity contribution in [3.05, 3.63) is 35.9 Å². The monoisotopic (exact) mass is 335 g/mol. The van der Waals surface area contributed by atoms with Crippen LogP contribution in [0.3, 0.4) is 0 Å². The van der Waals surface area contributed by atoms with Crippen LogP contribution in [0.1, 0.15) is 23.2 Å². The first-order valence-corrected chi connectivity index (χ1v) is 9.35. The van der Waals surface area contributed by atoms with E-state index in [4.69, 9.17) is 0 Å². The highest BCUT2D eigenvalue weighted by Crippen LogP contribution is 2.11. The lowest BCUT2D eigenvalue weighted by Crippen LogP contribution is -2.51. The van der Waals surface area contributed by atoms with Crippen LogP contribution >= 0.6 is 11.8 Å². The van der Waals surface area contributed by atoms with E-state index in [1.165, 1.54) is 0 Å². The van der Waals surface area contributed by atoms with Crippen molar-refractivity contribution in [2.75, 3.05) is 32.1 Å². The predicted octanol–water partition coefficient (Wildman–Crippen LogP) is 1.36. The fourth-order valence-corrected chi connectivity index (χ4v) is 3.19. The number of nitrogens with zero attached hydrogens (tertiary/aromatic N) is 1. The van der Waals surface area contributed by atoms with Gasteiger partial charge in [-0.1, -0.05) is 18.2 Å². The Morgan fingerprint density at radius 1 is 1.39 bits per heavy atom. The van der Waals surface area contributed by atoms with E-state index in [2.05, 4.69) is 10.6 Å². The molecule has 2 unspecified atom stereocenters. The largest absolute Gasteiger partial charge is 0.340 e. The lowest BCUT2D eigenvalue weighted by Gasteiger charge is -2.28. The van der Waals surface area contributed by atoms with E-state index >= 15 is 0 Å². The Morgan fingerprint density at radius 3 is 2.74 bits per heavy atom. The molecular formula is C17H25N3O2S. The number of nitrogens with one attached hydrogen (secondary N) is 2. The lowest BCUT2D eigenvalue weighted by atomic mass is 10.1. The highest BCUT2D eigenvalue weighted by atomic mass is 32.2. The molecule has 0 bridgehead atoms. The summed E-state index contributed by atoms with van der Waals surface area (Å²) in [6.45, 7) is 1.76. The van der Waals surface area contributed by atoms with Crippen LogP contribution in [-0.2, 0) is 4.79 Å². The third kappa shape index (κ3) is 4.97. The van der Waals surface area contributed by atoms with Crippen LogP contribution in [0.5, 0.6) is 0 Å². The van der Waals surface area contributed by atoms with Gasteiger partial charge in [-0.25, -0.2) is 0 Å². The number of likely N-dealkylation sites (N-methyl/N-ethyl adjacent to an activating group) is 1. The van der Waals surface area contributed by atoms with Crippen molar-refractivity contribution in [3.8, 4) is 0 Å². The molecule has 1 aliphatic rings. The van der Waals surface area contributed by atoms with Crippen molar-refractivity contribution < 1.29 is 9.59 Å². The zero-order valence-corrected chi connectivity index (χ0v) is 14.6. The predicted molar refractivity (Wildman–Crippen MR) is 94.7 cm³/mol. The molecule has 2 atom stereocenters. The minimum atomic E-state index is -0.472. The molecule has 5 nitrogen and oxygen atoms in total. The van der Waals surface area contributed by atoms with Crippen LogP contribution in [0.25, 0.3) is 0 Å². The third-order valence-corrected chi connectivity index (χ3v) is 4.82. The van der Waals surface area contributed by atoms with E-state index in [0.29, 0.717) is 12.0 Å². The van der Waals surface area contributed by atoms with Crippen LogP contribution in [0.15, 0.2) is 30.3 Å². The van der Waals surface area contributed by atoms with Gasteiger partial charge in [-0.2, -0.15) is 11.8 Å². The molecule has 23 heavy (non-hydrogen) atoms. The van der Waals surface area contributed by atoms with E-state index in [-0.39, 0.29) is 17.9 Å². The smallest absolute Gasteiger partial charge is 0.251 e. The first kappa shape index (κ1) is 17.8. The number of hydrogen-bond donors (Lipinski definition) is 2. The minimum absolute atomic E-state index is 0.00275. The second-order valence-corrected chi connectivity index (χ2v) is 6.75.